The van der Waals surface area contributed by atoms with Crippen molar-refractivity contribution in [3.8, 4) is 0 Å². The van der Waals surface area contributed by atoms with E-state index in [0.717, 1.165) is 31.1 Å². The lowest BCUT2D eigenvalue weighted by Crippen LogP contribution is -2.56. The summed E-state index contributed by atoms with van der Waals surface area (Å²) in [4.78, 5) is 39.0. The van der Waals surface area contributed by atoms with E-state index in [0.29, 0.717) is 32.4 Å². The molecule has 8 heteroatoms. The lowest BCUT2D eigenvalue weighted by atomic mass is 9.74. The van der Waals surface area contributed by atoms with Crippen molar-refractivity contribution in [3.05, 3.63) is 77.4 Å². The molecule has 2 aromatic rings. The van der Waals surface area contributed by atoms with Crippen LogP contribution in [-0.2, 0) is 16.0 Å². The van der Waals surface area contributed by atoms with Gasteiger partial charge in [-0.15, -0.1) is 0 Å². The van der Waals surface area contributed by atoms with E-state index < -0.39 is 23.2 Å². The van der Waals surface area contributed by atoms with Gasteiger partial charge in [0, 0.05) is 24.7 Å². The van der Waals surface area contributed by atoms with E-state index in [2.05, 4.69) is 10.6 Å². The summed E-state index contributed by atoms with van der Waals surface area (Å²) in [5, 5.41) is 5.26. The van der Waals surface area contributed by atoms with Crippen molar-refractivity contribution in [1.29, 1.82) is 0 Å². The van der Waals surface area contributed by atoms with Gasteiger partial charge in [-0.2, -0.15) is 0 Å². The van der Waals surface area contributed by atoms with Gasteiger partial charge in [0.15, 0.2) is 0 Å². The van der Waals surface area contributed by atoms with E-state index in [-0.39, 0.29) is 23.3 Å². The molecule has 0 aromatic heterocycles. The third-order valence-corrected chi connectivity index (χ3v) is 6.74. The van der Waals surface area contributed by atoms with Crippen LogP contribution in [0.1, 0.15) is 36.8 Å². The number of aryl methyl sites for hydroxylation is 1. The Kier molecular flexibility index (Phi) is 7.05. The number of hydrogen-bond acceptors (Lipinski definition) is 3. The molecule has 2 aliphatic heterocycles. The highest BCUT2D eigenvalue weighted by Gasteiger charge is 2.51. The van der Waals surface area contributed by atoms with Gasteiger partial charge in [-0.05, 0) is 61.8 Å². The Morgan fingerprint density at radius 2 is 1.71 bits per heavy atom. The quantitative estimate of drug-likeness (QED) is 0.480. The summed E-state index contributed by atoms with van der Waals surface area (Å²) in [7, 11) is 0. The van der Waals surface area contributed by atoms with Crippen LogP contribution in [0.3, 0.4) is 0 Å². The zero-order valence-electron chi connectivity index (χ0n) is 18.7. The van der Waals surface area contributed by atoms with E-state index in [1.54, 1.807) is 4.90 Å². The van der Waals surface area contributed by atoms with Crippen molar-refractivity contribution in [2.24, 2.45) is 5.92 Å². The van der Waals surface area contributed by atoms with E-state index in [1.165, 1.54) is 17.7 Å². The van der Waals surface area contributed by atoms with Crippen LogP contribution in [0.4, 0.5) is 13.6 Å². The smallest absolute Gasteiger partial charge is 0.322 e. The summed E-state index contributed by atoms with van der Waals surface area (Å²) < 4.78 is 27.6. The average Bonchev–Trinajstić information content (AvgIpc) is 3.13. The van der Waals surface area contributed by atoms with Crippen LogP contribution in [0.25, 0.3) is 6.08 Å². The molecule has 2 N–H and O–H groups in total. The molecule has 1 atom stereocenters. The first-order chi connectivity index (χ1) is 16.4. The molecule has 34 heavy (non-hydrogen) atoms. The Labute approximate surface area is 197 Å². The largest absolute Gasteiger partial charge is 0.339 e. The molecule has 6 nitrogen and oxygen atoms in total. The van der Waals surface area contributed by atoms with Crippen LogP contribution < -0.4 is 10.6 Å². The zero-order chi connectivity index (χ0) is 24.1. The lowest BCUT2D eigenvalue weighted by molar-refractivity contribution is -0.130. The molecule has 4 amide bonds. The van der Waals surface area contributed by atoms with E-state index >= 15 is 0 Å². The molecule has 1 unspecified atom stereocenters. The van der Waals surface area contributed by atoms with Crippen molar-refractivity contribution in [2.45, 2.75) is 37.6 Å². The number of halogens is 2. The number of benzene rings is 2. The molecule has 178 valence electrons. The molecule has 2 heterocycles. The Morgan fingerprint density at radius 1 is 1.03 bits per heavy atom. The van der Waals surface area contributed by atoms with Crippen LogP contribution in [0.5, 0.6) is 0 Å². The van der Waals surface area contributed by atoms with Gasteiger partial charge in [0.05, 0.1) is 0 Å². The summed E-state index contributed by atoms with van der Waals surface area (Å²) in [6, 6.07) is 13.0. The number of hydrogen-bond donors (Lipinski definition) is 2. The van der Waals surface area contributed by atoms with E-state index in [9.17, 15) is 23.2 Å². The van der Waals surface area contributed by atoms with Gasteiger partial charge in [0.2, 0.25) is 5.91 Å². The Hall–Kier alpha value is -3.55. The first-order valence-corrected chi connectivity index (χ1v) is 11.5. The Balaban J connectivity index is 1.39. The molecule has 0 bridgehead atoms. The molecule has 0 spiro atoms. The topological polar surface area (TPSA) is 78.5 Å². The molecule has 2 saturated heterocycles. The maximum Gasteiger partial charge on any atom is 0.322 e. The number of nitrogens with one attached hydrogen (secondary N) is 2. The number of piperidine rings is 1. The third-order valence-electron chi connectivity index (χ3n) is 6.74. The maximum absolute atomic E-state index is 13.8. The molecule has 2 aliphatic rings. The number of likely N-dealkylation sites (tertiary alicyclic amines) is 1. The van der Waals surface area contributed by atoms with E-state index in [4.69, 9.17) is 0 Å². The fourth-order valence-electron chi connectivity index (χ4n) is 4.91. The number of urea groups is 1. The molecule has 2 fully saturated rings. The second kappa shape index (κ2) is 10.2. The summed E-state index contributed by atoms with van der Waals surface area (Å²) >= 11 is 0. The molecule has 2 aromatic carbocycles. The van der Waals surface area contributed by atoms with E-state index in [1.807, 2.05) is 30.3 Å². The van der Waals surface area contributed by atoms with Gasteiger partial charge >= 0.3 is 6.03 Å². The fourth-order valence-corrected chi connectivity index (χ4v) is 4.91. The molecule has 0 radical (unpaired) electrons. The monoisotopic (exact) mass is 467 g/mol. The zero-order valence-corrected chi connectivity index (χ0v) is 18.7. The van der Waals surface area contributed by atoms with Gasteiger partial charge in [0.25, 0.3) is 5.91 Å². The predicted octanol–water partition coefficient (Wildman–Crippen LogP) is 3.82. The summed E-state index contributed by atoms with van der Waals surface area (Å²) in [5.74, 6) is -2.25. The second-order valence-electron chi connectivity index (χ2n) is 8.79. The van der Waals surface area contributed by atoms with Gasteiger partial charge in [-0.25, -0.2) is 13.6 Å². The Morgan fingerprint density at radius 3 is 2.32 bits per heavy atom. The number of amides is 4. The fraction of sp³-hybridized carbons (Fsp3) is 0.346. The van der Waals surface area contributed by atoms with Crippen LogP contribution >= 0.6 is 0 Å². The van der Waals surface area contributed by atoms with Gasteiger partial charge in [0.1, 0.15) is 17.2 Å². The van der Waals surface area contributed by atoms with Crippen molar-refractivity contribution >= 4 is 23.9 Å². The second-order valence-corrected chi connectivity index (χ2v) is 8.79. The summed E-state index contributed by atoms with van der Waals surface area (Å²) in [5.41, 5.74) is -0.0815. The molecule has 0 aliphatic carbocycles. The van der Waals surface area contributed by atoms with Crippen molar-refractivity contribution in [2.75, 3.05) is 13.1 Å². The first kappa shape index (κ1) is 23.6. The van der Waals surface area contributed by atoms with Crippen LogP contribution in [-0.4, -0.2) is 41.4 Å². The minimum Gasteiger partial charge on any atom is -0.339 e. The standard InChI is InChI=1S/C26H27F2N3O3/c27-21-9-4-10-22(28)20(21)11-12-23(32)31-16-13-19(14-17-31)26(24(33)29-25(34)30-26)15-5-8-18-6-2-1-3-7-18/h1-4,6-7,9-12,19H,5,8,13-17H2,(H2,29,30,33,34). The van der Waals surface area contributed by atoms with Gasteiger partial charge in [-0.3, -0.25) is 14.9 Å². The molecule has 0 saturated carbocycles. The highest BCUT2D eigenvalue weighted by Crippen LogP contribution is 2.35. The average molecular weight is 468 g/mol. The number of carbonyl (C=O) groups is 3. The van der Waals surface area contributed by atoms with Gasteiger partial charge < -0.3 is 10.2 Å². The normalized spacial score (nSPS) is 21.1. The summed E-state index contributed by atoms with van der Waals surface area (Å²) in [6.45, 7) is 0.772. The number of rotatable bonds is 7. The highest BCUT2D eigenvalue weighted by molar-refractivity contribution is 6.07. The molecular weight excluding hydrogens is 440 g/mol. The van der Waals surface area contributed by atoms with Crippen molar-refractivity contribution < 1.29 is 23.2 Å². The van der Waals surface area contributed by atoms with Gasteiger partial charge in [-0.1, -0.05) is 36.4 Å². The van der Waals surface area contributed by atoms with Crippen LogP contribution in [0, 0.1) is 17.6 Å². The first-order valence-electron chi connectivity index (χ1n) is 11.5. The molecule has 4 rings (SSSR count). The predicted molar refractivity (Wildman–Crippen MR) is 123 cm³/mol. The lowest BCUT2D eigenvalue weighted by Gasteiger charge is -2.40. The van der Waals surface area contributed by atoms with Crippen molar-refractivity contribution in [3.63, 3.8) is 0 Å². The minimum atomic E-state index is -0.993. The Bertz CT molecular complexity index is 1080. The maximum atomic E-state index is 13.8. The third kappa shape index (κ3) is 5.00. The van der Waals surface area contributed by atoms with Crippen LogP contribution in [0.15, 0.2) is 54.6 Å². The van der Waals surface area contributed by atoms with Crippen molar-refractivity contribution in [1.82, 2.24) is 15.5 Å². The van der Waals surface area contributed by atoms with Crippen LogP contribution in [0.2, 0.25) is 0 Å². The highest BCUT2D eigenvalue weighted by atomic mass is 19.1. The molecular formula is C26H27F2N3O3. The number of carbonyl (C=O) groups excluding carboxylic acids is 3. The SMILES string of the molecule is O=C1NC(=O)C(CCCc2ccccc2)(C2CCN(C(=O)C=Cc3c(F)cccc3F)CC2)N1. The summed E-state index contributed by atoms with van der Waals surface area (Å²) in [6.07, 6.45) is 5.41. The minimum absolute atomic E-state index is 0.119. The number of imide groups is 1. The number of nitrogens with zero attached hydrogens (tertiary/aromatic N) is 1.